The molecule has 4 rings (SSSR count). The number of anilines is 1. The van der Waals surface area contributed by atoms with Crippen molar-refractivity contribution < 1.29 is 13.6 Å². The van der Waals surface area contributed by atoms with E-state index in [1.165, 1.54) is 0 Å². The number of alkyl halides is 2. The Hall–Kier alpha value is -3.81. The van der Waals surface area contributed by atoms with Crippen LogP contribution in [0.5, 0.6) is 0 Å². The Balaban J connectivity index is 1.54. The molecule has 150 valence electrons. The first-order valence-corrected chi connectivity index (χ1v) is 9.25. The van der Waals surface area contributed by atoms with Crippen molar-refractivity contribution in [1.29, 1.82) is 0 Å². The van der Waals surface area contributed by atoms with Crippen LogP contribution in [0, 0.1) is 0 Å². The maximum atomic E-state index is 13.1. The van der Waals surface area contributed by atoms with E-state index in [-0.39, 0.29) is 24.6 Å². The fourth-order valence-electron chi connectivity index (χ4n) is 3.04. The lowest BCUT2D eigenvalue weighted by Gasteiger charge is -2.22. The second-order valence-electron chi connectivity index (χ2n) is 6.62. The van der Waals surface area contributed by atoms with Crippen molar-refractivity contribution >= 4 is 23.0 Å². The van der Waals surface area contributed by atoms with E-state index in [1.807, 2.05) is 30.3 Å². The molecule has 0 bridgehead atoms. The van der Waals surface area contributed by atoms with Gasteiger partial charge in [-0.25, -0.2) is 8.78 Å². The van der Waals surface area contributed by atoms with Crippen molar-refractivity contribution in [3.63, 3.8) is 0 Å². The molecular formula is C22H17F2N5O. The molecule has 0 radical (unpaired) electrons. The zero-order chi connectivity index (χ0) is 20.9. The molecule has 1 aliphatic rings. The molecule has 0 saturated heterocycles. The van der Waals surface area contributed by atoms with Crippen molar-refractivity contribution in [2.45, 2.75) is 19.4 Å². The molecule has 1 aliphatic heterocycles. The number of halogens is 2. The standard InChI is InChI=1S/C22H17F2N5O/c23-21(24)20-12-19(27-28-20)16-6-7-17(26-13-16)14-29(18-4-2-1-3-5-18)22(30)15-8-10-25-11-9-15/h1-11,13,21H,12,14H2. The summed E-state index contributed by atoms with van der Waals surface area (Å²) in [6.07, 6.45) is 2.11. The van der Waals surface area contributed by atoms with Gasteiger partial charge in [0.05, 0.1) is 18.0 Å². The summed E-state index contributed by atoms with van der Waals surface area (Å²) in [5.41, 5.74) is 2.75. The Morgan fingerprint density at radius 1 is 1.00 bits per heavy atom. The minimum atomic E-state index is -2.61. The second-order valence-corrected chi connectivity index (χ2v) is 6.62. The summed E-state index contributed by atoms with van der Waals surface area (Å²) in [6, 6.07) is 16.1. The highest BCUT2D eigenvalue weighted by Gasteiger charge is 2.22. The molecule has 1 amide bonds. The van der Waals surface area contributed by atoms with Crippen LogP contribution in [-0.4, -0.2) is 33.7 Å². The highest BCUT2D eigenvalue weighted by molar-refractivity contribution is 6.15. The zero-order valence-electron chi connectivity index (χ0n) is 15.8. The molecule has 2 aromatic heterocycles. The number of aromatic nitrogens is 2. The summed E-state index contributed by atoms with van der Waals surface area (Å²) in [5.74, 6) is -0.176. The number of para-hydroxylation sites is 1. The van der Waals surface area contributed by atoms with Gasteiger partial charge in [-0.2, -0.15) is 10.2 Å². The van der Waals surface area contributed by atoms with E-state index in [4.69, 9.17) is 0 Å². The maximum Gasteiger partial charge on any atom is 0.278 e. The van der Waals surface area contributed by atoms with Gasteiger partial charge in [-0.05, 0) is 36.4 Å². The van der Waals surface area contributed by atoms with Gasteiger partial charge >= 0.3 is 0 Å². The van der Waals surface area contributed by atoms with E-state index in [2.05, 4.69) is 20.2 Å². The van der Waals surface area contributed by atoms with Gasteiger partial charge in [-0.1, -0.05) is 18.2 Å². The number of pyridine rings is 2. The summed E-state index contributed by atoms with van der Waals surface area (Å²) in [4.78, 5) is 23.1. The second kappa shape index (κ2) is 8.69. The van der Waals surface area contributed by atoms with Crippen LogP contribution in [0.4, 0.5) is 14.5 Å². The molecule has 0 unspecified atom stereocenters. The van der Waals surface area contributed by atoms with Gasteiger partial charge in [0.15, 0.2) is 0 Å². The number of benzene rings is 1. The molecule has 8 heteroatoms. The number of hydrogen-bond acceptors (Lipinski definition) is 5. The van der Waals surface area contributed by atoms with Crippen LogP contribution in [0.2, 0.25) is 0 Å². The highest BCUT2D eigenvalue weighted by Crippen LogP contribution is 2.20. The third kappa shape index (κ3) is 4.27. The number of rotatable bonds is 6. The number of nitrogens with zero attached hydrogens (tertiary/aromatic N) is 5. The fourth-order valence-corrected chi connectivity index (χ4v) is 3.04. The minimum absolute atomic E-state index is 0.00929. The van der Waals surface area contributed by atoms with Crippen LogP contribution < -0.4 is 4.90 Å². The molecule has 3 aromatic rings. The van der Waals surface area contributed by atoms with E-state index in [0.717, 1.165) is 5.69 Å². The Kier molecular flexibility index (Phi) is 5.65. The van der Waals surface area contributed by atoms with Crippen LogP contribution in [0.15, 0.2) is 83.4 Å². The van der Waals surface area contributed by atoms with Gasteiger partial charge in [0.2, 0.25) is 0 Å². The van der Waals surface area contributed by atoms with Crippen LogP contribution in [0.25, 0.3) is 0 Å². The molecule has 0 N–H and O–H groups in total. The van der Waals surface area contributed by atoms with Gasteiger partial charge in [-0.3, -0.25) is 14.8 Å². The van der Waals surface area contributed by atoms with E-state index in [1.54, 1.807) is 47.8 Å². The SMILES string of the molecule is O=C(c1ccncc1)N(Cc1ccc(C2=NN=C(C(F)F)C2)cn1)c1ccccc1. The first kappa shape index (κ1) is 19.5. The molecule has 6 nitrogen and oxygen atoms in total. The smallest absolute Gasteiger partial charge is 0.278 e. The van der Waals surface area contributed by atoms with E-state index in [9.17, 15) is 13.6 Å². The largest absolute Gasteiger partial charge is 0.302 e. The predicted octanol–water partition coefficient (Wildman–Crippen LogP) is 4.14. The van der Waals surface area contributed by atoms with Crippen molar-refractivity contribution in [1.82, 2.24) is 9.97 Å². The van der Waals surface area contributed by atoms with Crippen molar-refractivity contribution in [2.75, 3.05) is 4.90 Å². The molecule has 0 saturated carbocycles. The summed E-state index contributed by atoms with van der Waals surface area (Å²) < 4.78 is 25.5. The Labute approximate surface area is 171 Å². The molecule has 30 heavy (non-hydrogen) atoms. The summed E-state index contributed by atoms with van der Waals surface area (Å²) in [7, 11) is 0. The summed E-state index contributed by atoms with van der Waals surface area (Å²) >= 11 is 0. The van der Waals surface area contributed by atoms with Crippen LogP contribution in [0.3, 0.4) is 0 Å². The van der Waals surface area contributed by atoms with Gasteiger partial charge in [0.1, 0.15) is 5.71 Å². The number of carbonyl (C=O) groups is 1. The van der Waals surface area contributed by atoms with Crippen molar-refractivity contribution in [2.24, 2.45) is 10.2 Å². The molecule has 0 fully saturated rings. The van der Waals surface area contributed by atoms with Crippen LogP contribution >= 0.6 is 0 Å². The maximum absolute atomic E-state index is 13.1. The molecule has 0 aliphatic carbocycles. The molecule has 3 heterocycles. The van der Waals surface area contributed by atoms with E-state index < -0.39 is 6.43 Å². The number of carbonyl (C=O) groups excluding carboxylic acids is 1. The van der Waals surface area contributed by atoms with Crippen LogP contribution in [0.1, 0.15) is 28.0 Å². The highest BCUT2D eigenvalue weighted by atomic mass is 19.3. The van der Waals surface area contributed by atoms with Crippen molar-refractivity contribution in [3.8, 4) is 0 Å². The van der Waals surface area contributed by atoms with Gasteiger partial charge in [0, 0.05) is 41.8 Å². The van der Waals surface area contributed by atoms with E-state index in [0.29, 0.717) is 22.5 Å². The minimum Gasteiger partial charge on any atom is -0.302 e. The Bertz CT molecular complexity index is 1080. The predicted molar refractivity (Wildman–Crippen MR) is 110 cm³/mol. The molecule has 0 atom stereocenters. The molecule has 1 aromatic carbocycles. The zero-order valence-corrected chi connectivity index (χ0v) is 15.8. The number of hydrogen-bond donors (Lipinski definition) is 0. The lowest BCUT2D eigenvalue weighted by Crippen LogP contribution is -2.30. The third-order valence-electron chi connectivity index (χ3n) is 4.62. The summed E-state index contributed by atoms with van der Waals surface area (Å²) in [5, 5.41) is 7.36. The van der Waals surface area contributed by atoms with Crippen LogP contribution in [-0.2, 0) is 6.54 Å². The van der Waals surface area contributed by atoms with Gasteiger partial charge in [0.25, 0.3) is 12.3 Å². The normalized spacial score (nSPS) is 13.2. The average molecular weight is 405 g/mol. The van der Waals surface area contributed by atoms with E-state index >= 15 is 0 Å². The lowest BCUT2D eigenvalue weighted by molar-refractivity contribution is 0.0984. The number of amides is 1. The fraction of sp³-hybridized carbons (Fsp3) is 0.136. The topological polar surface area (TPSA) is 70.8 Å². The van der Waals surface area contributed by atoms with Gasteiger partial charge < -0.3 is 4.90 Å². The Morgan fingerprint density at radius 2 is 1.77 bits per heavy atom. The van der Waals surface area contributed by atoms with Gasteiger partial charge in [-0.15, -0.1) is 0 Å². The monoisotopic (exact) mass is 405 g/mol. The molecular weight excluding hydrogens is 388 g/mol. The lowest BCUT2D eigenvalue weighted by atomic mass is 10.1. The average Bonchev–Trinajstić information content (AvgIpc) is 3.29. The summed E-state index contributed by atoms with van der Waals surface area (Å²) in [6.45, 7) is 0.247. The molecule has 0 spiro atoms. The van der Waals surface area contributed by atoms with Crippen molar-refractivity contribution in [3.05, 3.63) is 90.0 Å². The first-order valence-electron chi connectivity index (χ1n) is 9.25. The quantitative estimate of drug-likeness (QED) is 0.619. The first-order chi connectivity index (χ1) is 14.6. The third-order valence-corrected chi connectivity index (χ3v) is 4.62. The Morgan fingerprint density at radius 3 is 2.40 bits per heavy atom.